The van der Waals surface area contributed by atoms with Crippen LogP contribution in [-0.2, 0) is 11.2 Å². The van der Waals surface area contributed by atoms with Crippen LogP contribution in [0.15, 0.2) is 89.5 Å². The number of rotatable bonds is 6. The first-order valence-electron chi connectivity index (χ1n) is 9.74. The summed E-state index contributed by atoms with van der Waals surface area (Å²) in [7, 11) is 1.77. The molecule has 150 valence electrons. The highest BCUT2D eigenvalue weighted by Gasteiger charge is 2.17. The molecule has 5 heteroatoms. The Labute approximate surface area is 174 Å². The minimum absolute atomic E-state index is 0.0518. The van der Waals surface area contributed by atoms with Crippen molar-refractivity contribution in [1.82, 2.24) is 4.98 Å². The second-order valence-electron chi connectivity index (χ2n) is 6.93. The number of aromatic nitrogens is 1. The summed E-state index contributed by atoms with van der Waals surface area (Å²) in [6, 6.07) is 24.1. The molecule has 0 radical (unpaired) electrons. The first-order chi connectivity index (χ1) is 14.6. The molecule has 0 saturated heterocycles. The first kappa shape index (κ1) is 19.6. The number of benzene rings is 3. The van der Waals surface area contributed by atoms with Crippen molar-refractivity contribution in [2.24, 2.45) is 0 Å². The Bertz CT molecular complexity index is 1150. The molecule has 0 atom stereocenters. The average Bonchev–Trinajstić information content (AvgIpc) is 3.26. The fourth-order valence-corrected chi connectivity index (χ4v) is 3.36. The smallest absolute Gasteiger partial charge is 0.227 e. The molecule has 4 nitrogen and oxygen atoms in total. The van der Waals surface area contributed by atoms with Crippen molar-refractivity contribution in [2.75, 3.05) is 11.9 Å². The second-order valence-corrected chi connectivity index (χ2v) is 6.93. The quantitative estimate of drug-likeness (QED) is 0.414. The lowest BCUT2D eigenvalue weighted by molar-refractivity contribution is -0.118. The first-order valence-corrected chi connectivity index (χ1v) is 9.74. The molecule has 0 N–H and O–H groups in total. The summed E-state index contributed by atoms with van der Waals surface area (Å²) in [5.74, 6) is 0.349. The summed E-state index contributed by atoms with van der Waals surface area (Å²) in [6.45, 7) is 0. The van der Waals surface area contributed by atoms with Crippen LogP contribution in [0.5, 0.6) is 0 Å². The molecule has 0 aliphatic rings. The molecular formula is C25H21FN2O2. The molecule has 30 heavy (non-hydrogen) atoms. The molecule has 0 bridgehead atoms. The number of carbonyl (C=O) groups excluding carboxylic acids is 1. The summed E-state index contributed by atoms with van der Waals surface area (Å²) < 4.78 is 19.6. The predicted octanol–water partition coefficient (Wildman–Crippen LogP) is 5.74. The van der Waals surface area contributed by atoms with Crippen molar-refractivity contribution in [1.29, 1.82) is 0 Å². The van der Waals surface area contributed by atoms with Gasteiger partial charge >= 0.3 is 0 Å². The largest absolute Gasteiger partial charge is 0.441 e. The van der Waals surface area contributed by atoms with E-state index in [1.165, 1.54) is 12.3 Å². The third-order valence-electron chi connectivity index (χ3n) is 4.97. The zero-order chi connectivity index (χ0) is 20.9. The van der Waals surface area contributed by atoms with Gasteiger partial charge in [-0.05, 0) is 23.8 Å². The van der Waals surface area contributed by atoms with E-state index in [4.69, 9.17) is 4.42 Å². The maximum absolute atomic E-state index is 13.9. The van der Waals surface area contributed by atoms with Gasteiger partial charge in [0.05, 0.1) is 17.4 Å². The Hall–Kier alpha value is -3.73. The molecule has 0 spiro atoms. The Morgan fingerprint density at radius 1 is 0.933 bits per heavy atom. The summed E-state index contributed by atoms with van der Waals surface area (Å²) >= 11 is 0. The van der Waals surface area contributed by atoms with Crippen LogP contribution in [0.25, 0.3) is 22.5 Å². The summed E-state index contributed by atoms with van der Waals surface area (Å²) in [5.41, 5.74) is 3.24. The van der Waals surface area contributed by atoms with E-state index in [0.717, 1.165) is 16.8 Å². The lowest BCUT2D eigenvalue weighted by Gasteiger charge is -2.20. The minimum atomic E-state index is -0.367. The van der Waals surface area contributed by atoms with Crippen LogP contribution in [0.1, 0.15) is 12.3 Å². The number of hydrogen-bond donors (Lipinski definition) is 0. The van der Waals surface area contributed by atoms with Gasteiger partial charge in [0.15, 0.2) is 11.7 Å². The third-order valence-corrected chi connectivity index (χ3v) is 4.97. The maximum Gasteiger partial charge on any atom is 0.227 e. The van der Waals surface area contributed by atoms with E-state index in [9.17, 15) is 9.18 Å². The number of oxazole rings is 1. The van der Waals surface area contributed by atoms with Crippen LogP contribution in [-0.4, -0.2) is 17.9 Å². The van der Waals surface area contributed by atoms with E-state index in [1.54, 1.807) is 30.1 Å². The van der Waals surface area contributed by atoms with Gasteiger partial charge in [0.2, 0.25) is 5.91 Å². The van der Waals surface area contributed by atoms with Gasteiger partial charge in [-0.25, -0.2) is 9.37 Å². The van der Waals surface area contributed by atoms with Crippen LogP contribution in [0, 0.1) is 5.82 Å². The number of carbonyl (C=O) groups is 1. The summed E-state index contributed by atoms with van der Waals surface area (Å²) in [5, 5.41) is 0. The Morgan fingerprint density at radius 2 is 1.60 bits per heavy atom. The van der Waals surface area contributed by atoms with Gasteiger partial charge < -0.3 is 9.32 Å². The van der Waals surface area contributed by atoms with Gasteiger partial charge in [0, 0.05) is 25.5 Å². The molecular weight excluding hydrogens is 379 g/mol. The van der Waals surface area contributed by atoms with E-state index in [2.05, 4.69) is 4.98 Å². The number of para-hydroxylation sites is 1. The van der Waals surface area contributed by atoms with E-state index in [0.29, 0.717) is 23.6 Å². The van der Waals surface area contributed by atoms with Gasteiger partial charge in [-0.15, -0.1) is 0 Å². The van der Waals surface area contributed by atoms with E-state index < -0.39 is 0 Å². The number of amides is 1. The van der Waals surface area contributed by atoms with Gasteiger partial charge in [-0.3, -0.25) is 4.79 Å². The van der Waals surface area contributed by atoms with E-state index in [-0.39, 0.29) is 18.1 Å². The van der Waals surface area contributed by atoms with Crippen molar-refractivity contribution < 1.29 is 13.6 Å². The van der Waals surface area contributed by atoms with E-state index in [1.807, 2.05) is 54.6 Å². The zero-order valence-corrected chi connectivity index (χ0v) is 16.6. The SMILES string of the molecule is CN(C(=O)CCc1ncc(-c2ccccc2F)o1)c1ccccc1-c1ccccc1. The highest BCUT2D eigenvalue weighted by atomic mass is 19.1. The van der Waals surface area contributed by atoms with Gasteiger partial charge in [0.25, 0.3) is 0 Å². The molecule has 0 aliphatic carbocycles. The van der Waals surface area contributed by atoms with Crippen LogP contribution in [0.3, 0.4) is 0 Å². The highest BCUT2D eigenvalue weighted by molar-refractivity contribution is 5.97. The van der Waals surface area contributed by atoms with Crippen LogP contribution in [0.2, 0.25) is 0 Å². The van der Waals surface area contributed by atoms with Gasteiger partial charge in [-0.1, -0.05) is 60.7 Å². The van der Waals surface area contributed by atoms with Crippen molar-refractivity contribution >= 4 is 11.6 Å². The molecule has 1 aromatic heterocycles. The Morgan fingerprint density at radius 3 is 2.37 bits per heavy atom. The molecule has 0 aliphatic heterocycles. The van der Waals surface area contributed by atoms with Crippen LogP contribution in [0.4, 0.5) is 10.1 Å². The zero-order valence-electron chi connectivity index (χ0n) is 16.6. The molecule has 1 heterocycles. The standard InChI is InChI=1S/C25H21FN2O2/c1-28(22-14-8-6-11-19(22)18-9-3-2-4-10-18)25(29)16-15-24-27-17-23(30-24)20-12-5-7-13-21(20)26/h2-14,17H,15-16H2,1H3. The molecule has 4 rings (SSSR count). The number of anilines is 1. The van der Waals surface area contributed by atoms with Crippen LogP contribution >= 0.6 is 0 Å². The van der Waals surface area contributed by atoms with Crippen molar-refractivity contribution in [3.8, 4) is 22.5 Å². The Kier molecular flexibility index (Phi) is 5.70. The highest BCUT2D eigenvalue weighted by Crippen LogP contribution is 2.30. The number of halogens is 1. The fourth-order valence-electron chi connectivity index (χ4n) is 3.36. The monoisotopic (exact) mass is 400 g/mol. The average molecular weight is 400 g/mol. The van der Waals surface area contributed by atoms with Crippen molar-refractivity contribution in [2.45, 2.75) is 12.8 Å². The molecule has 0 saturated carbocycles. The molecule has 4 aromatic rings. The van der Waals surface area contributed by atoms with Gasteiger partial charge in [0.1, 0.15) is 5.82 Å². The van der Waals surface area contributed by atoms with Crippen molar-refractivity contribution in [3.63, 3.8) is 0 Å². The molecule has 3 aromatic carbocycles. The second kappa shape index (κ2) is 8.74. The van der Waals surface area contributed by atoms with Crippen LogP contribution < -0.4 is 4.90 Å². The lowest BCUT2D eigenvalue weighted by atomic mass is 10.0. The van der Waals surface area contributed by atoms with Crippen molar-refractivity contribution in [3.05, 3.63) is 96.8 Å². The Balaban J connectivity index is 1.46. The predicted molar refractivity (Wildman–Crippen MR) is 116 cm³/mol. The van der Waals surface area contributed by atoms with E-state index >= 15 is 0 Å². The molecule has 1 amide bonds. The maximum atomic E-state index is 13.9. The fraction of sp³-hybridized carbons (Fsp3) is 0.120. The summed E-state index contributed by atoms with van der Waals surface area (Å²) in [6.07, 6.45) is 2.06. The minimum Gasteiger partial charge on any atom is -0.441 e. The normalized spacial score (nSPS) is 10.7. The number of aryl methyl sites for hydroxylation is 1. The third kappa shape index (κ3) is 4.15. The summed E-state index contributed by atoms with van der Waals surface area (Å²) in [4.78, 5) is 18.7. The number of nitrogens with zero attached hydrogens (tertiary/aromatic N) is 2. The lowest BCUT2D eigenvalue weighted by Crippen LogP contribution is -2.27. The molecule has 0 unspecified atom stereocenters. The number of hydrogen-bond acceptors (Lipinski definition) is 3. The topological polar surface area (TPSA) is 46.3 Å². The van der Waals surface area contributed by atoms with Gasteiger partial charge in [-0.2, -0.15) is 0 Å². The molecule has 0 fully saturated rings.